The summed E-state index contributed by atoms with van der Waals surface area (Å²) in [6, 6.07) is 36.9. The van der Waals surface area contributed by atoms with Crippen LogP contribution in [0, 0.1) is 0 Å². The number of ether oxygens (including phenoxy) is 1. The van der Waals surface area contributed by atoms with Crippen LogP contribution in [0.15, 0.2) is 103 Å². The van der Waals surface area contributed by atoms with E-state index in [0.29, 0.717) is 25.4 Å². The van der Waals surface area contributed by atoms with Crippen LogP contribution < -0.4 is 9.64 Å². The molecule has 0 spiro atoms. The van der Waals surface area contributed by atoms with E-state index in [9.17, 15) is 10.2 Å². The highest BCUT2D eigenvalue weighted by Crippen LogP contribution is 2.47. The van der Waals surface area contributed by atoms with E-state index in [1.54, 1.807) is 0 Å². The van der Waals surface area contributed by atoms with E-state index in [1.807, 2.05) is 18.2 Å². The van der Waals surface area contributed by atoms with E-state index in [1.165, 1.54) is 33.5 Å². The first-order valence-electron chi connectivity index (χ1n) is 14.1. The molecule has 1 fully saturated rings. The number of piperidine rings is 1. The molecule has 1 aliphatic carbocycles. The molecule has 39 heavy (non-hydrogen) atoms. The number of aliphatic hydroxyl groups is 2. The highest BCUT2D eigenvalue weighted by atomic mass is 16.5. The van der Waals surface area contributed by atoms with Crippen LogP contribution in [0.1, 0.15) is 58.9 Å². The summed E-state index contributed by atoms with van der Waals surface area (Å²) < 4.78 is 6.18. The Morgan fingerprint density at radius 3 is 2.18 bits per heavy atom. The number of benzene rings is 4. The van der Waals surface area contributed by atoms with Gasteiger partial charge in [-0.05, 0) is 83.7 Å². The lowest BCUT2D eigenvalue weighted by Crippen LogP contribution is -2.46. The van der Waals surface area contributed by atoms with Crippen LogP contribution in [0.5, 0.6) is 5.75 Å². The summed E-state index contributed by atoms with van der Waals surface area (Å²) in [4.78, 5) is 2.31. The van der Waals surface area contributed by atoms with Crippen LogP contribution in [0.25, 0.3) is 0 Å². The summed E-state index contributed by atoms with van der Waals surface area (Å²) in [6.07, 6.45) is 3.31. The van der Waals surface area contributed by atoms with Crippen LogP contribution in [0.4, 0.5) is 5.69 Å². The minimum atomic E-state index is -0.936. The molecule has 6 rings (SSSR count). The molecule has 1 unspecified atom stereocenters. The SMILES string of the molecule is OCC1(O)CCN(c2ccc(C3c4ccc(OCc5ccccc5)cc4CC[C@@H]3c3ccccc3)cc2)CC1. The van der Waals surface area contributed by atoms with Crippen molar-refractivity contribution < 1.29 is 14.9 Å². The number of nitrogens with zero attached hydrogens (tertiary/aromatic N) is 1. The van der Waals surface area contributed by atoms with Gasteiger partial charge in [0.25, 0.3) is 0 Å². The van der Waals surface area contributed by atoms with E-state index in [2.05, 4.69) is 89.8 Å². The summed E-state index contributed by atoms with van der Waals surface area (Å²) in [6.45, 7) is 1.91. The average molecular weight is 520 g/mol. The van der Waals surface area contributed by atoms with Crippen molar-refractivity contribution in [1.29, 1.82) is 0 Å². The van der Waals surface area contributed by atoms with E-state index >= 15 is 0 Å². The highest BCUT2D eigenvalue weighted by molar-refractivity contribution is 5.53. The minimum absolute atomic E-state index is 0.166. The molecule has 0 radical (unpaired) electrons. The molecule has 0 bridgehead atoms. The van der Waals surface area contributed by atoms with Gasteiger partial charge in [-0.1, -0.05) is 78.9 Å². The molecule has 0 aromatic heterocycles. The molecule has 2 N–H and O–H groups in total. The first-order valence-corrected chi connectivity index (χ1v) is 14.1. The van der Waals surface area contributed by atoms with Crippen molar-refractivity contribution in [2.45, 2.75) is 49.7 Å². The second-order valence-corrected chi connectivity index (χ2v) is 11.1. The van der Waals surface area contributed by atoms with Gasteiger partial charge >= 0.3 is 0 Å². The van der Waals surface area contributed by atoms with Gasteiger partial charge in [0.1, 0.15) is 12.4 Å². The molecule has 1 heterocycles. The Balaban J connectivity index is 1.27. The molecule has 200 valence electrons. The number of hydrogen-bond donors (Lipinski definition) is 2. The summed E-state index contributed by atoms with van der Waals surface area (Å²) in [7, 11) is 0. The van der Waals surface area contributed by atoms with Crippen molar-refractivity contribution in [2.24, 2.45) is 0 Å². The van der Waals surface area contributed by atoms with Crippen molar-refractivity contribution in [2.75, 3.05) is 24.6 Å². The van der Waals surface area contributed by atoms with Gasteiger partial charge in [0, 0.05) is 24.7 Å². The van der Waals surface area contributed by atoms with Crippen molar-refractivity contribution in [3.05, 3.63) is 131 Å². The van der Waals surface area contributed by atoms with E-state index in [4.69, 9.17) is 4.74 Å². The second-order valence-electron chi connectivity index (χ2n) is 11.1. The van der Waals surface area contributed by atoms with E-state index in [0.717, 1.165) is 31.7 Å². The maximum atomic E-state index is 10.4. The van der Waals surface area contributed by atoms with Crippen molar-refractivity contribution in [3.63, 3.8) is 0 Å². The van der Waals surface area contributed by atoms with Crippen LogP contribution >= 0.6 is 0 Å². The Kier molecular flexibility index (Phi) is 7.40. The molecule has 0 saturated carbocycles. The largest absolute Gasteiger partial charge is 0.489 e. The number of anilines is 1. The Morgan fingerprint density at radius 2 is 1.49 bits per heavy atom. The molecular weight excluding hydrogens is 482 g/mol. The third-order valence-corrected chi connectivity index (χ3v) is 8.66. The van der Waals surface area contributed by atoms with Crippen LogP contribution in [0.3, 0.4) is 0 Å². The fraction of sp³-hybridized carbons (Fsp3) is 0.314. The Bertz CT molecular complexity index is 1360. The zero-order chi connectivity index (χ0) is 26.7. The topological polar surface area (TPSA) is 52.9 Å². The lowest BCUT2D eigenvalue weighted by Gasteiger charge is -2.38. The number of aryl methyl sites for hydroxylation is 1. The number of hydrogen-bond acceptors (Lipinski definition) is 4. The lowest BCUT2D eigenvalue weighted by molar-refractivity contribution is -0.0325. The molecule has 4 nitrogen and oxygen atoms in total. The van der Waals surface area contributed by atoms with Crippen molar-refractivity contribution in [1.82, 2.24) is 0 Å². The van der Waals surface area contributed by atoms with E-state index in [-0.39, 0.29) is 12.5 Å². The van der Waals surface area contributed by atoms with Crippen molar-refractivity contribution >= 4 is 5.69 Å². The molecular formula is C35H37NO3. The summed E-state index contributed by atoms with van der Waals surface area (Å²) in [5, 5.41) is 19.9. The summed E-state index contributed by atoms with van der Waals surface area (Å²) in [5.74, 6) is 1.61. The zero-order valence-electron chi connectivity index (χ0n) is 22.4. The molecule has 1 saturated heterocycles. The molecule has 4 heteroatoms. The van der Waals surface area contributed by atoms with Gasteiger partial charge in [-0.2, -0.15) is 0 Å². The van der Waals surface area contributed by atoms with Gasteiger partial charge in [-0.25, -0.2) is 0 Å². The van der Waals surface area contributed by atoms with E-state index < -0.39 is 5.60 Å². The maximum absolute atomic E-state index is 10.4. The summed E-state index contributed by atoms with van der Waals surface area (Å²) in [5.41, 5.74) is 6.90. The third-order valence-electron chi connectivity index (χ3n) is 8.66. The molecule has 4 aromatic carbocycles. The average Bonchev–Trinajstić information content (AvgIpc) is 3.01. The molecule has 4 aromatic rings. The Hall–Kier alpha value is -3.60. The third kappa shape index (κ3) is 5.59. The molecule has 2 atom stereocenters. The zero-order valence-corrected chi connectivity index (χ0v) is 22.4. The molecule has 1 aliphatic heterocycles. The number of rotatable bonds is 7. The number of fused-ring (bicyclic) bond motifs is 1. The Morgan fingerprint density at radius 1 is 0.795 bits per heavy atom. The Labute approximate surface area is 231 Å². The summed E-state index contributed by atoms with van der Waals surface area (Å²) >= 11 is 0. The first-order chi connectivity index (χ1) is 19.1. The normalized spacial score (nSPS) is 20.3. The van der Waals surface area contributed by atoms with Gasteiger partial charge in [-0.3, -0.25) is 0 Å². The quantitative estimate of drug-likeness (QED) is 0.295. The smallest absolute Gasteiger partial charge is 0.120 e. The standard InChI is InChI=1S/C35H37NO3/c37-25-35(38)19-21-36(22-20-35)30-14-11-28(12-15-30)34-32(27-9-5-2-6-10-27)17-13-29-23-31(16-18-33(29)34)39-24-26-7-3-1-4-8-26/h1-12,14-16,18,23,32,34,37-38H,13,17,19-22,24-25H2/t32-,34?/m1/s1. The second kappa shape index (κ2) is 11.3. The lowest BCUT2D eigenvalue weighted by atomic mass is 9.69. The fourth-order valence-corrected chi connectivity index (χ4v) is 6.33. The van der Waals surface area contributed by atoms with Gasteiger partial charge in [0.05, 0.1) is 12.2 Å². The predicted molar refractivity (Wildman–Crippen MR) is 156 cm³/mol. The molecule has 0 amide bonds. The van der Waals surface area contributed by atoms with Gasteiger partial charge in [-0.15, -0.1) is 0 Å². The predicted octanol–water partition coefficient (Wildman–Crippen LogP) is 6.45. The van der Waals surface area contributed by atoms with Crippen molar-refractivity contribution in [3.8, 4) is 5.75 Å². The first kappa shape index (κ1) is 25.7. The van der Waals surface area contributed by atoms with Gasteiger partial charge in [0.15, 0.2) is 0 Å². The highest BCUT2D eigenvalue weighted by Gasteiger charge is 2.33. The van der Waals surface area contributed by atoms with Gasteiger partial charge < -0.3 is 19.8 Å². The monoisotopic (exact) mass is 519 g/mol. The minimum Gasteiger partial charge on any atom is -0.489 e. The number of aliphatic hydroxyl groups excluding tert-OH is 1. The van der Waals surface area contributed by atoms with Crippen LogP contribution in [-0.2, 0) is 13.0 Å². The van der Waals surface area contributed by atoms with Crippen LogP contribution in [-0.4, -0.2) is 35.5 Å². The maximum Gasteiger partial charge on any atom is 0.120 e. The molecule has 2 aliphatic rings. The van der Waals surface area contributed by atoms with Crippen LogP contribution in [0.2, 0.25) is 0 Å². The van der Waals surface area contributed by atoms with Gasteiger partial charge in [0.2, 0.25) is 0 Å². The fourth-order valence-electron chi connectivity index (χ4n) is 6.33.